The van der Waals surface area contributed by atoms with Crippen molar-refractivity contribution in [2.24, 2.45) is 0 Å². The van der Waals surface area contributed by atoms with Crippen LogP contribution in [0.5, 0.6) is 0 Å². The van der Waals surface area contributed by atoms with Crippen LogP contribution in [0.3, 0.4) is 0 Å². The van der Waals surface area contributed by atoms with Gasteiger partial charge in [-0.2, -0.15) is 4.90 Å². The molecule has 0 atom stereocenters. The fourth-order valence-electron chi connectivity index (χ4n) is 3.43. The third-order valence-corrected chi connectivity index (χ3v) is 5.72. The van der Waals surface area contributed by atoms with E-state index < -0.39 is 27.2 Å². The van der Waals surface area contributed by atoms with Gasteiger partial charge in [-0.25, -0.2) is 4.79 Å². The Morgan fingerprint density at radius 3 is 1.76 bits per heavy atom. The summed E-state index contributed by atoms with van der Waals surface area (Å²) in [7, 11) is 0. The van der Waals surface area contributed by atoms with E-state index in [0.717, 1.165) is 4.90 Å². The van der Waals surface area contributed by atoms with Gasteiger partial charge in [-0.1, -0.05) is 60.7 Å². The molecule has 1 N–H and O–H groups in total. The Kier molecular flexibility index (Phi) is 6.35. The zero-order chi connectivity index (χ0) is 21.1. The molecule has 0 saturated carbocycles. The van der Waals surface area contributed by atoms with Crippen molar-refractivity contribution in [3.63, 3.8) is 0 Å². The van der Waals surface area contributed by atoms with Gasteiger partial charge in [0.2, 0.25) is 0 Å². The number of amides is 4. The molecule has 0 spiro atoms. The number of halogens is 1. The van der Waals surface area contributed by atoms with Crippen LogP contribution >= 0.6 is 22.6 Å². The third kappa shape index (κ3) is 3.56. The van der Waals surface area contributed by atoms with E-state index in [9.17, 15) is 14.4 Å². The third-order valence-electron chi connectivity index (χ3n) is 4.61. The van der Waals surface area contributed by atoms with E-state index in [1.165, 1.54) is 0 Å². The second kappa shape index (κ2) is 8.60. The van der Waals surface area contributed by atoms with Gasteiger partial charge in [0.1, 0.15) is 0 Å². The molecule has 29 heavy (non-hydrogen) atoms. The van der Waals surface area contributed by atoms with Crippen LogP contribution in [-0.4, -0.2) is 39.9 Å². The Balaban J connectivity index is 2.27. The van der Waals surface area contributed by atoms with Gasteiger partial charge in [-0.15, -0.1) is 0 Å². The zero-order valence-corrected chi connectivity index (χ0v) is 18.2. The number of nitrogens with one attached hydrogen (secondary N) is 1. The second-order valence-electron chi connectivity index (χ2n) is 6.25. The maximum atomic E-state index is 13.9. The van der Waals surface area contributed by atoms with Gasteiger partial charge < -0.3 is 9.47 Å². The van der Waals surface area contributed by atoms with E-state index in [1.807, 2.05) is 0 Å². The predicted octanol–water partition coefficient (Wildman–Crippen LogP) is 3.17. The first-order valence-electron chi connectivity index (χ1n) is 9.19. The van der Waals surface area contributed by atoms with Gasteiger partial charge in [0.15, 0.2) is 5.41 Å². The van der Waals surface area contributed by atoms with Crippen molar-refractivity contribution in [2.45, 2.75) is 23.2 Å². The summed E-state index contributed by atoms with van der Waals surface area (Å²) in [4.78, 5) is 40.8. The predicted molar refractivity (Wildman–Crippen MR) is 114 cm³/mol. The van der Waals surface area contributed by atoms with Gasteiger partial charge in [-0.3, -0.25) is 14.9 Å². The van der Waals surface area contributed by atoms with E-state index in [4.69, 9.17) is 9.47 Å². The maximum Gasteiger partial charge on any atom is 0.335 e. The molecule has 7 nitrogen and oxygen atoms in total. The van der Waals surface area contributed by atoms with Crippen molar-refractivity contribution >= 4 is 40.4 Å². The van der Waals surface area contributed by atoms with E-state index in [0.29, 0.717) is 11.1 Å². The highest BCUT2D eigenvalue weighted by atomic mass is 127. The molecule has 2 aromatic carbocycles. The number of imide groups is 2. The number of urea groups is 1. The molecular formula is C21H21IN2O5. The summed E-state index contributed by atoms with van der Waals surface area (Å²) in [5.74, 6) is -1.45. The lowest BCUT2D eigenvalue weighted by molar-refractivity contribution is -0.222. The maximum absolute atomic E-state index is 13.9. The highest BCUT2D eigenvalue weighted by Gasteiger charge is 2.61. The van der Waals surface area contributed by atoms with Gasteiger partial charge in [0.25, 0.3) is 11.8 Å². The average Bonchev–Trinajstić information content (AvgIpc) is 2.70. The molecule has 4 amide bonds. The minimum absolute atomic E-state index is 0.192. The molecule has 152 valence electrons. The van der Waals surface area contributed by atoms with Gasteiger partial charge >= 0.3 is 9.95 Å². The first-order chi connectivity index (χ1) is 13.9. The van der Waals surface area contributed by atoms with Crippen LogP contribution in [0.4, 0.5) is 4.79 Å². The first kappa shape index (κ1) is 21.4. The molecule has 1 aliphatic rings. The van der Waals surface area contributed by atoms with Crippen molar-refractivity contribution in [1.29, 1.82) is 0 Å². The van der Waals surface area contributed by atoms with Crippen molar-refractivity contribution in [3.05, 3.63) is 71.8 Å². The summed E-state index contributed by atoms with van der Waals surface area (Å²) in [5.41, 5.74) is -0.878. The molecule has 0 aromatic heterocycles. The summed E-state index contributed by atoms with van der Waals surface area (Å²) < 4.78 is 9.60. The molecular weight excluding hydrogens is 487 g/mol. The lowest BCUT2D eigenvalue weighted by Gasteiger charge is -2.45. The minimum Gasteiger partial charge on any atom is -0.324 e. The monoisotopic (exact) mass is 508 g/mol. The van der Waals surface area contributed by atoms with Gasteiger partial charge in [-0.05, 0) is 25.0 Å². The highest BCUT2D eigenvalue weighted by Crippen LogP contribution is 2.41. The summed E-state index contributed by atoms with van der Waals surface area (Å²) >= 11 is 1.78. The first-order valence-corrected chi connectivity index (χ1v) is 10.3. The zero-order valence-electron chi connectivity index (χ0n) is 16.1. The highest BCUT2D eigenvalue weighted by molar-refractivity contribution is 14.1. The lowest BCUT2D eigenvalue weighted by atomic mass is 9.71. The molecule has 2 aromatic rings. The molecule has 0 bridgehead atoms. The lowest BCUT2D eigenvalue weighted by Crippen LogP contribution is -2.71. The molecule has 3 rings (SSSR count). The number of hydrogen-bond donors (Lipinski definition) is 1. The molecule has 1 fully saturated rings. The summed E-state index contributed by atoms with van der Waals surface area (Å²) in [6.45, 7) is 3.84. The van der Waals surface area contributed by atoms with E-state index in [-0.39, 0.29) is 13.2 Å². The Morgan fingerprint density at radius 1 is 0.897 bits per heavy atom. The topological polar surface area (TPSA) is 84.9 Å². The van der Waals surface area contributed by atoms with E-state index >= 15 is 0 Å². The van der Waals surface area contributed by atoms with Crippen molar-refractivity contribution in [2.75, 3.05) is 13.2 Å². The van der Waals surface area contributed by atoms with Crippen molar-refractivity contribution < 1.29 is 23.9 Å². The fraction of sp³-hybridized carbons (Fsp3) is 0.286. The Bertz CT molecular complexity index is 858. The van der Waals surface area contributed by atoms with Crippen LogP contribution in [-0.2, 0) is 24.5 Å². The Hall–Kier alpha value is -2.30. The van der Waals surface area contributed by atoms with Crippen LogP contribution in [0, 0.1) is 0 Å². The Labute approximate surface area is 182 Å². The van der Waals surface area contributed by atoms with E-state index in [2.05, 4.69) is 5.32 Å². The number of rotatable bonds is 7. The summed E-state index contributed by atoms with van der Waals surface area (Å²) in [5, 5.41) is 2.33. The van der Waals surface area contributed by atoms with Crippen LogP contribution in [0.1, 0.15) is 25.0 Å². The summed E-state index contributed by atoms with van der Waals surface area (Å²) in [6, 6.07) is 16.4. The number of carbonyl (C=O) groups excluding carboxylic acids is 3. The van der Waals surface area contributed by atoms with Crippen LogP contribution < -0.4 is 5.32 Å². The second-order valence-corrected chi connectivity index (χ2v) is 7.62. The molecule has 0 radical (unpaired) electrons. The number of ether oxygens (including phenoxy) is 2. The van der Waals surface area contributed by atoms with Crippen LogP contribution in [0.25, 0.3) is 0 Å². The fourth-order valence-corrected chi connectivity index (χ4v) is 4.49. The van der Waals surface area contributed by atoms with Gasteiger partial charge in [0, 0.05) is 35.8 Å². The number of barbiturate groups is 1. The van der Waals surface area contributed by atoms with Crippen LogP contribution in [0.2, 0.25) is 0 Å². The smallest absolute Gasteiger partial charge is 0.324 e. The quantitative estimate of drug-likeness (QED) is 0.204. The Morgan fingerprint density at radius 2 is 1.34 bits per heavy atom. The molecule has 1 aliphatic heterocycles. The number of nitrogens with zero attached hydrogens (tertiary/aromatic N) is 1. The minimum atomic E-state index is -1.76. The van der Waals surface area contributed by atoms with Crippen LogP contribution in [0.15, 0.2) is 60.7 Å². The SMILES string of the molecule is CCOC(I)(OCC)N1C(=O)NC(=O)C(c2ccccc2)(c2ccccc2)C1=O. The largest absolute Gasteiger partial charge is 0.335 e. The summed E-state index contributed by atoms with van der Waals surface area (Å²) in [6.07, 6.45) is 0. The molecule has 0 unspecified atom stereocenters. The molecule has 0 aliphatic carbocycles. The molecule has 1 saturated heterocycles. The standard InChI is InChI=1S/C21H21IN2O5/c1-3-28-21(22,29-4-2)24-18(26)20(17(25)23-19(24)27,15-11-7-5-8-12-15)16-13-9-6-10-14-16/h5-14H,3-4H2,1-2H3,(H,23,25,27). The number of alkyl halides is 1. The average molecular weight is 508 g/mol. The van der Waals surface area contributed by atoms with Crippen molar-refractivity contribution in [3.8, 4) is 0 Å². The normalized spacial score (nSPS) is 16.7. The number of carbonyl (C=O) groups is 3. The molecule has 8 heteroatoms. The molecule has 1 heterocycles. The van der Waals surface area contributed by atoms with E-state index in [1.54, 1.807) is 97.1 Å². The number of benzene rings is 2. The number of hydrogen-bond acceptors (Lipinski definition) is 5. The van der Waals surface area contributed by atoms with Crippen molar-refractivity contribution in [1.82, 2.24) is 10.2 Å². The van der Waals surface area contributed by atoms with Gasteiger partial charge in [0.05, 0.1) is 0 Å².